The molecule has 90 valence electrons. The van der Waals surface area contributed by atoms with Gasteiger partial charge < -0.3 is 14.8 Å². The molecule has 1 aromatic heterocycles. The van der Waals surface area contributed by atoms with Crippen LogP contribution in [0.3, 0.4) is 0 Å². The molecule has 0 saturated carbocycles. The number of aromatic nitrogens is 2. The Hall–Kier alpha value is -0.870. The van der Waals surface area contributed by atoms with Gasteiger partial charge >= 0.3 is 0 Å². The monoisotopic (exact) mass is 222 g/mol. The van der Waals surface area contributed by atoms with Gasteiger partial charge in [-0.05, 0) is 13.8 Å². The summed E-state index contributed by atoms with van der Waals surface area (Å²) in [5.41, 5.74) is 1.36. The van der Waals surface area contributed by atoms with Gasteiger partial charge in [-0.15, -0.1) is 0 Å². The maximum absolute atomic E-state index is 4.24. The molecular weight excluding hydrogens is 200 g/mol. The lowest BCUT2D eigenvalue weighted by atomic mass is 10.2. The molecule has 4 nitrogen and oxygen atoms in total. The first-order valence-electron chi connectivity index (χ1n) is 6.21. The maximum atomic E-state index is 4.24. The van der Waals surface area contributed by atoms with Crippen molar-refractivity contribution in [3.63, 3.8) is 0 Å². The van der Waals surface area contributed by atoms with Crippen molar-refractivity contribution < 1.29 is 0 Å². The van der Waals surface area contributed by atoms with Gasteiger partial charge in [0.25, 0.3) is 0 Å². The molecule has 1 fully saturated rings. The number of nitrogens with zero attached hydrogens (tertiary/aromatic N) is 3. The average Bonchev–Trinajstić information content (AvgIpc) is 2.76. The van der Waals surface area contributed by atoms with Gasteiger partial charge in [-0.25, -0.2) is 4.98 Å². The molecule has 1 aliphatic rings. The Morgan fingerprint density at radius 3 is 2.81 bits per heavy atom. The van der Waals surface area contributed by atoms with E-state index in [0.717, 1.165) is 26.1 Å². The van der Waals surface area contributed by atoms with Crippen LogP contribution in [0.2, 0.25) is 0 Å². The van der Waals surface area contributed by atoms with Crippen LogP contribution in [0.4, 0.5) is 0 Å². The standard InChI is InChI=1S/C12H22N4/c1-11(2)16-10-14-9-12(16)3-6-15-7-4-13-5-8-15/h9-11,13H,3-8H2,1-2H3. The van der Waals surface area contributed by atoms with Crippen molar-refractivity contribution in [1.82, 2.24) is 19.8 Å². The summed E-state index contributed by atoms with van der Waals surface area (Å²) >= 11 is 0. The highest BCUT2D eigenvalue weighted by atomic mass is 15.2. The van der Waals surface area contributed by atoms with Crippen LogP contribution in [0.1, 0.15) is 25.6 Å². The Morgan fingerprint density at radius 2 is 2.12 bits per heavy atom. The molecule has 0 aromatic carbocycles. The number of rotatable bonds is 4. The fraction of sp³-hybridized carbons (Fsp3) is 0.750. The van der Waals surface area contributed by atoms with Gasteiger partial charge in [0.05, 0.1) is 6.33 Å². The SMILES string of the molecule is CC(C)n1cncc1CCN1CCNCC1. The van der Waals surface area contributed by atoms with E-state index in [4.69, 9.17) is 0 Å². The van der Waals surface area contributed by atoms with Crippen LogP contribution in [0.15, 0.2) is 12.5 Å². The summed E-state index contributed by atoms with van der Waals surface area (Å²) in [5.74, 6) is 0. The van der Waals surface area contributed by atoms with Crippen molar-refractivity contribution in [1.29, 1.82) is 0 Å². The molecule has 16 heavy (non-hydrogen) atoms. The molecule has 2 heterocycles. The molecule has 1 N–H and O–H groups in total. The van der Waals surface area contributed by atoms with Gasteiger partial charge in [-0.2, -0.15) is 0 Å². The molecule has 0 radical (unpaired) electrons. The van der Waals surface area contributed by atoms with Crippen molar-refractivity contribution >= 4 is 0 Å². The van der Waals surface area contributed by atoms with E-state index in [0.29, 0.717) is 6.04 Å². The van der Waals surface area contributed by atoms with Crippen LogP contribution in [-0.2, 0) is 6.42 Å². The van der Waals surface area contributed by atoms with Crippen LogP contribution < -0.4 is 5.32 Å². The summed E-state index contributed by atoms with van der Waals surface area (Å²) < 4.78 is 2.27. The normalized spacial score (nSPS) is 18.2. The minimum Gasteiger partial charge on any atom is -0.332 e. The van der Waals surface area contributed by atoms with Crippen LogP contribution in [0, 0.1) is 0 Å². The lowest BCUT2D eigenvalue weighted by Crippen LogP contribution is -2.44. The van der Waals surface area contributed by atoms with E-state index < -0.39 is 0 Å². The van der Waals surface area contributed by atoms with Crippen molar-refractivity contribution in [3.8, 4) is 0 Å². The van der Waals surface area contributed by atoms with Gasteiger partial charge in [0, 0.05) is 57.1 Å². The van der Waals surface area contributed by atoms with E-state index in [9.17, 15) is 0 Å². The molecule has 1 aromatic rings. The Morgan fingerprint density at radius 1 is 1.38 bits per heavy atom. The highest BCUT2D eigenvalue weighted by Crippen LogP contribution is 2.10. The second-order valence-corrected chi connectivity index (χ2v) is 4.73. The Kier molecular flexibility index (Phi) is 3.96. The lowest BCUT2D eigenvalue weighted by molar-refractivity contribution is 0.242. The smallest absolute Gasteiger partial charge is 0.0950 e. The predicted molar refractivity (Wildman–Crippen MR) is 65.6 cm³/mol. The average molecular weight is 222 g/mol. The molecular formula is C12H22N4. The molecule has 0 bridgehead atoms. The molecule has 0 amide bonds. The summed E-state index contributed by atoms with van der Waals surface area (Å²) in [5, 5.41) is 3.38. The van der Waals surface area contributed by atoms with Crippen molar-refractivity contribution in [2.45, 2.75) is 26.3 Å². The van der Waals surface area contributed by atoms with E-state index in [1.807, 2.05) is 12.5 Å². The van der Waals surface area contributed by atoms with Crippen LogP contribution in [-0.4, -0.2) is 47.2 Å². The predicted octanol–water partition coefficient (Wildman–Crippen LogP) is 0.912. The summed E-state index contributed by atoms with van der Waals surface area (Å²) in [6.07, 6.45) is 5.05. The van der Waals surface area contributed by atoms with Crippen molar-refractivity contribution in [3.05, 3.63) is 18.2 Å². The quantitative estimate of drug-likeness (QED) is 0.822. The van der Waals surface area contributed by atoms with E-state index in [1.165, 1.54) is 18.8 Å². The Balaban J connectivity index is 1.86. The number of hydrogen-bond acceptors (Lipinski definition) is 3. The molecule has 0 atom stereocenters. The third-order valence-electron chi connectivity index (χ3n) is 3.20. The van der Waals surface area contributed by atoms with E-state index in [2.05, 4.69) is 33.6 Å². The third kappa shape index (κ3) is 2.83. The first-order chi connectivity index (χ1) is 7.77. The fourth-order valence-electron chi connectivity index (χ4n) is 2.20. The fourth-order valence-corrected chi connectivity index (χ4v) is 2.20. The second kappa shape index (κ2) is 5.46. The highest BCUT2D eigenvalue weighted by Gasteiger charge is 2.11. The largest absolute Gasteiger partial charge is 0.332 e. The lowest BCUT2D eigenvalue weighted by Gasteiger charge is -2.27. The molecule has 1 saturated heterocycles. The van der Waals surface area contributed by atoms with Gasteiger partial charge in [0.2, 0.25) is 0 Å². The molecule has 0 aliphatic carbocycles. The van der Waals surface area contributed by atoms with Gasteiger partial charge in [0.15, 0.2) is 0 Å². The summed E-state index contributed by atoms with van der Waals surface area (Å²) in [6.45, 7) is 10.2. The first-order valence-corrected chi connectivity index (χ1v) is 6.21. The topological polar surface area (TPSA) is 33.1 Å². The van der Waals surface area contributed by atoms with Crippen LogP contribution in [0.5, 0.6) is 0 Å². The summed E-state index contributed by atoms with van der Waals surface area (Å²) in [7, 11) is 0. The van der Waals surface area contributed by atoms with Crippen molar-refractivity contribution in [2.75, 3.05) is 32.7 Å². The Labute approximate surface area is 97.7 Å². The van der Waals surface area contributed by atoms with Crippen LogP contribution in [0.25, 0.3) is 0 Å². The molecule has 0 unspecified atom stereocenters. The second-order valence-electron chi connectivity index (χ2n) is 4.73. The first kappa shape index (κ1) is 11.6. The zero-order chi connectivity index (χ0) is 11.4. The summed E-state index contributed by atoms with van der Waals surface area (Å²) in [6, 6.07) is 0.514. The minimum absolute atomic E-state index is 0.514. The van der Waals surface area contributed by atoms with Gasteiger partial charge in [0.1, 0.15) is 0 Å². The molecule has 4 heteroatoms. The van der Waals surface area contributed by atoms with Gasteiger partial charge in [-0.1, -0.05) is 0 Å². The van der Waals surface area contributed by atoms with E-state index >= 15 is 0 Å². The van der Waals surface area contributed by atoms with Gasteiger partial charge in [-0.3, -0.25) is 0 Å². The number of hydrogen-bond donors (Lipinski definition) is 1. The van der Waals surface area contributed by atoms with Crippen molar-refractivity contribution in [2.24, 2.45) is 0 Å². The maximum Gasteiger partial charge on any atom is 0.0950 e. The number of piperazine rings is 1. The molecule has 0 spiro atoms. The van der Waals surface area contributed by atoms with E-state index in [1.54, 1.807) is 0 Å². The molecule has 2 rings (SSSR count). The van der Waals surface area contributed by atoms with Crippen LogP contribution >= 0.6 is 0 Å². The summed E-state index contributed by atoms with van der Waals surface area (Å²) in [4.78, 5) is 6.76. The minimum atomic E-state index is 0.514. The Bertz CT molecular complexity index is 313. The zero-order valence-corrected chi connectivity index (χ0v) is 10.3. The zero-order valence-electron chi connectivity index (χ0n) is 10.3. The highest BCUT2D eigenvalue weighted by molar-refractivity contribution is 5.00. The third-order valence-corrected chi connectivity index (χ3v) is 3.20. The van der Waals surface area contributed by atoms with E-state index in [-0.39, 0.29) is 0 Å². The molecule has 1 aliphatic heterocycles. The number of nitrogens with one attached hydrogen (secondary N) is 1. The number of imidazole rings is 1.